The van der Waals surface area contributed by atoms with E-state index in [1.165, 1.54) is 57.7 Å². The zero-order valence-electron chi connectivity index (χ0n) is 17.0. The number of thiazole rings is 1. The average molecular weight is 523 g/mol. The molecule has 3 aromatic rings. The highest BCUT2D eigenvalue weighted by Gasteiger charge is 2.14. The SMILES string of the molecule is CN=C(NCCCc1nc2c(s1)CCCC2)NCCc1c[nH]c2ccccc12.I. The molecule has 5 nitrogen and oxygen atoms in total. The fourth-order valence-corrected chi connectivity index (χ4v) is 5.03. The lowest BCUT2D eigenvalue weighted by Crippen LogP contribution is -2.38. The van der Waals surface area contributed by atoms with Crippen LogP contribution < -0.4 is 10.6 Å². The van der Waals surface area contributed by atoms with Crippen LogP contribution in [-0.4, -0.2) is 36.1 Å². The lowest BCUT2D eigenvalue weighted by atomic mass is 10.0. The first-order chi connectivity index (χ1) is 13.8. The molecule has 3 N–H and O–H groups in total. The Labute approximate surface area is 193 Å². The topological polar surface area (TPSA) is 65.1 Å². The smallest absolute Gasteiger partial charge is 0.190 e. The largest absolute Gasteiger partial charge is 0.361 e. The standard InChI is InChI=1S/C22H29N5S.HI/c1-23-22(25-14-12-16-15-26-18-8-3-2-7-17(16)18)24-13-6-11-21-27-19-9-4-5-10-20(19)28-21;/h2-3,7-8,15,26H,4-6,9-14H2,1H3,(H2,23,24,25);1H. The molecule has 2 heterocycles. The molecule has 1 aromatic carbocycles. The van der Waals surface area contributed by atoms with Gasteiger partial charge < -0.3 is 15.6 Å². The number of nitrogens with zero attached hydrogens (tertiary/aromatic N) is 2. The fraction of sp³-hybridized carbons (Fsp3) is 0.455. The Bertz CT molecular complexity index is 922. The molecule has 0 aliphatic heterocycles. The van der Waals surface area contributed by atoms with E-state index in [1.54, 1.807) is 0 Å². The summed E-state index contributed by atoms with van der Waals surface area (Å²) in [5.41, 5.74) is 3.91. The first-order valence-corrected chi connectivity index (χ1v) is 11.1. The summed E-state index contributed by atoms with van der Waals surface area (Å²) >= 11 is 1.93. The van der Waals surface area contributed by atoms with Crippen molar-refractivity contribution >= 4 is 52.2 Å². The zero-order valence-corrected chi connectivity index (χ0v) is 20.1. The number of aliphatic imine (C=N–C) groups is 1. The maximum absolute atomic E-state index is 4.83. The molecule has 0 bridgehead atoms. The van der Waals surface area contributed by atoms with E-state index in [-0.39, 0.29) is 24.0 Å². The van der Waals surface area contributed by atoms with Gasteiger partial charge in [-0.05, 0) is 50.2 Å². The first kappa shape index (κ1) is 22.1. The van der Waals surface area contributed by atoms with Gasteiger partial charge in [0.25, 0.3) is 0 Å². The van der Waals surface area contributed by atoms with E-state index in [4.69, 9.17) is 4.98 Å². The van der Waals surface area contributed by atoms with Gasteiger partial charge in [-0.3, -0.25) is 4.99 Å². The van der Waals surface area contributed by atoms with Crippen molar-refractivity contribution in [1.82, 2.24) is 20.6 Å². The van der Waals surface area contributed by atoms with Crippen molar-refractivity contribution in [3.63, 3.8) is 0 Å². The minimum Gasteiger partial charge on any atom is -0.361 e. The van der Waals surface area contributed by atoms with E-state index in [9.17, 15) is 0 Å². The van der Waals surface area contributed by atoms with Crippen LogP contribution in [-0.2, 0) is 25.7 Å². The van der Waals surface area contributed by atoms with Crippen molar-refractivity contribution in [3.05, 3.63) is 51.6 Å². The number of aryl methyl sites for hydroxylation is 3. The van der Waals surface area contributed by atoms with Gasteiger partial charge in [-0.1, -0.05) is 18.2 Å². The number of halogens is 1. The van der Waals surface area contributed by atoms with Gasteiger partial charge in [0.2, 0.25) is 0 Å². The van der Waals surface area contributed by atoms with E-state index < -0.39 is 0 Å². The molecule has 156 valence electrons. The molecule has 2 aromatic heterocycles. The van der Waals surface area contributed by atoms with Gasteiger partial charge in [0, 0.05) is 48.5 Å². The van der Waals surface area contributed by atoms with Crippen molar-refractivity contribution in [2.45, 2.75) is 44.9 Å². The number of rotatable bonds is 7. The first-order valence-electron chi connectivity index (χ1n) is 10.3. The molecule has 1 aliphatic carbocycles. The zero-order chi connectivity index (χ0) is 19.2. The highest BCUT2D eigenvalue weighted by atomic mass is 127. The number of guanidine groups is 1. The lowest BCUT2D eigenvalue weighted by molar-refractivity contribution is 0.678. The van der Waals surface area contributed by atoms with Gasteiger partial charge in [0.05, 0.1) is 10.7 Å². The van der Waals surface area contributed by atoms with Crippen LogP contribution in [0, 0.1) is 0 Å². The van der Waals surface area contributed by atoms with Gasteiger partial charge >= 0.3 is 0 Å². The Morgan fingerprint density at radius 1 is 1.14 bits per heavy atom. The summed E-state index contributed by atoms with van der Waals surface area (Å²) < 4.78 is 0. The number of fused-ring (bicyclic) bond motifs is 2. The molecule has 7 heteroatoms. The van der Waals surface area contributed by atoms with Gasteiger partial charge in [0.1, 0.15) is 0 Å². The average Bonchev–Trinajstić information content (AvgIpc) is 3.33. The van der Waals surface area contributed by atoms with Crippen LogP contribution in [0.5, 0.6) is 0 Å². The maximum atomic E-state index is 4.83. The van der Waals surface area contributed by atoms with E-state index in [0.29, 0.717) is 0 Å². The van der Waals surface area contributed by atoms with Crippen molar-refractivity contribution in [1.29, 1.82) is 0 Å². The third-order valence-electron chi connectivity index (χ3n) is 5.34. The molecular formula is C22H30IN5S. The Kier molecular flexibility index (Phi) is 8.35. The molecule has 0 amide bonds. The molecule has 0 atom stereocenters. The lowest BCUT2D eigenvalue weighted by Gasteiger charge is -2.11. The molecule has 29 heavy (non-hydrogen) atoms. The third-order valence-corrected chi connectivity index (χ3v) is 6.55. The predicted molar refractivity (Wildman–Crippen MR) is 134 cm³/mol. The summed E-state index contributed by atoms with van der Waals surface area (Å²) in [4.78, 5) is 14.0. The monoisotopic (exact) mass is 523 g/mol. The second kappa shape index (κ2) is 11.0. The van der Waals surface area contributed by atoms with Crippen molar-refractivity contribution in [3.8, 4) is 0 Å². The predicted octanol–water partition coefficient (Wildman–Crippen LogP) is 4.46. The number of aromatic amines is 1. The fourth-order valence-electron chi connectivity index (χ4n) is 3.83. The van der Waals surface area contributed by atoms with E-state index in [0.717, 1.165) is 38.3 Å². The van der Waals surface area contributed by atoms with Crippen molar-refractivity contribution in [2.75, 3.05) is 20.1 Å². The molecule has 0 spiro atoms. The molecule has 4 rings (SSSR count). The number of benzene rings is 1. The van der Waals surface area contributed by atoms with Crippen LogP contribution in [0.1, 0.15) is 40.4 Å². The molecular weight excluding hydrogens is 493 g/mol. The summed E-state index contributed by atoms with van der Waals surface area (Å²) in [7, 11) is 1.83. The number of para-hydroxylation sites is 1. The number of nitrogens with one attached hydrogen (secondary N) is 3. The summed E-state index contributed by atoms with van der Waals surface area (Å²) in [6, 6.07) is 8.44. The Balaban J connectivity index is 0.00000240. The van der Waals surface area contributed by atoms with Crippen LogP contribution in [0.15, 0.2) is 35.5 Å². The summed E-state index contributed by atoms with van der Waals surface area (Å²) in [5.74, 6) is 0.873. The summed E-state index contributed by atoms with van der Waals surface area (Å²) in [5, 5.41) is 9.46. The van der Waals surface area contributed by atoms with E-state index >= 15 is 0 Å². The second-order valence-corrected chi connectivity index (χ2v) is 8.49. The van der Waals surface area contributed by atoms with Crippen LogP contribution in [0.3, 0.4) is 0 Å². The van der Waals surface area contributed by atoms with Crippen LogP contribution in [0.25, 0.3) is 10.9 Å². The molecule has 0 saturated carbocycles. The van der Waals surface area contributed by atoms with Crippen LogP contribution in [0.4, 0.5) is 0 Å². The third kappa shape index (κ3) is 5.72. The highest BCUT2D eigenvalue weighted by Crippen LogP contribution is 2.27. The number of hydrogen-bond acceptors (Lipinski definition) is 3. The van der Waals surface area contributed by atoms with Gasteiger partial charge in [-0.2, -0.15) is 0 Å². The van der Waals surface area contributed by atoms with E-state index in [2.05, 4.69) is 51.1 Å². The second-order valence-electron chi connectivity index (χ2n) is 7.32. The van der Waals surface area contributed by atoms with Crippen LogP contribution in [0.2, 0.25) is 0 Å². The molecule has 0 fully saturated rings. The Morgan fingerprint density at radius 3 is 2.83 bits per heavy atom. The van der Waals surface area contributed by atoms with Crippen molar-refractivity contribution in [2.24, 2.45) is 4.99 Å². The Hall–Kier alpha value is -1.61. The molecule has 0 radical (unpaired) electrons. The van der Waals surface area contributed by atoms with Gasteiger partial charge in [0.15, 0.2) is 5.96 Å². The number of hydrogen-bond donors (Lipinski definition) is 3. The number of aromatic nitrogens is 2. The molecule has 1 aliphatic rings. The van der Waals surface area contributed by atoms with E-state index in [1.807, 2.05) is 18.4 Å². The summed E-state index contributed by atoms with van der Waals surface area (Å²) in [6.07, 6.45) is 10.3. The van der Waals surface area contributed by atoms with Crippen LogP contribution >= 0.6 is 35.3 Å². The molecule has 0 saturated heterocycles. The number of H-pyrrole nitrogens is 1. The maximum Gasteiger partial charge on any atom is 0.190 e. The Morgan fingerprint density at radius 2 is 1.97 bits per heavy atom. The normalized spacial score (nSPS) is 13.8. The quantitative estimate of drug-likeness (QED) is 0.186. The van der Waals surface area contributed by atoms with Crippen molar-refractivity contribution < 1.29 is 0 Å². The minimum absolute atomic E-state index is 0. The summed E-state index contributed by atoms with van der Waals surface area (Å²) in [6.45, 7) is 1.78. The van der Waals surface area contributed by atoms with Gasteiger partial charge in [-0.25, -0.2) is 4.98 Å². The van der Waals surface area contributed by atoms with Gasteiger partial charge in [-0.15, -0.1) is 35.3 Å². The minimum atomic E-state index is 0. The highest BCUT2D eigenvalue weighted by molar-refractivity contribution is 14.0. The molecule has 0 unspecified atom stereocenters.